The van der Waals surface area contributed by atoms with E-state index in [0.29, 0.717) is 45.2 Å². The standard InChI is InChI=1S/C37H54N6O5/c1-25(2)18-33(37(47)48)41-23-31(21-26-10-4-3-5-11-26)42-36(46)34(24-44)43-35(45)32(14-8-9-17-38)40-22-30(39)20-27-15-16-28-12-6-7-13-29(28)19-27/h3-7,10-13,15-16,19,25,30-34,40-41,44H,8-9,14,17-18,20-24,38-39H2,1-2H3,(H,42,46)(H,43,45)(H,47,48)/t30-,31-,32-,33-,34-/m0/s1. The van der Waals surface area contributed by atoms with Gasteiger partial charge in [-0.05, 0) is 66.5 Å². The normalized spacial score (nSPS) is 14.6. The summed E-state index contributed by atoms with van der Waals surface area (Å²) in [4.78, 5) is 38.8. The van der Waals surface area contributed by atoms with Gasteiger partial charge in [0.1, 0.15) is 12.1 Å². The van der Waals surface area contributed by atoms with Crippen LogP contribution in [0.5, 0.6) is 0 Å². The maximum absolute atomic E-state index is 13.5. The summed E-state index contributed by atoms with van der Waals surface area (Å²) >= 11 is 0. The number of carbonyl (C=O) groups excluding carboxylic acids is 2. The Hall–Kier alpha value is -3.87. The zero-order valence-electron chi connectivity index (χ0n) is 28.2. The van der Waals surface area contributed by atoms with Crippen LogP contribution < -0.4 is 32.7 Å². The second-order valence-electron chi connectivity index (χ2n) is 13.0. The number of aliphatic hydroxyl groups excluding tert-OH is 1. The number of rotatable bonds is 22. The van der Waals surface area contributed by atoms with Crippen molar-refractivity contribution in [3.8, 4) is 0 Å². The van der Waals surface area contributed by atoms with E-state index in [4.69, 9.17) is 11.5 Å². The van der Waals surface area contributed by atoms with E-state index in [1.54, 1.807) is 0 Å². The molecule has 0 aromatic heterocycles. The minimum Gasteiger partial charge on any atom is -0.480 e. The molecule has 0 spiro atoms. The van der Waals surface area contributed by atoms with Gasteiger partial charge in [-0.15, -0.1) is 0 Å². The molecule has 0 radical (unpaired) electrons. The SMILES string of the molecule is CC(C)C[C@H](NC[C@H](Cc1ccccc1)NC(=O)[C@H](CO)NC(=O)[C@H](CCCCN)NC[C@@H](N)Cc1ccc2ccccc2c1)C(=O)O. The third-order valence-electron chi connectivity index (χ3n) is 8.30. The van der Waals surface area contributed by atoms with E-state index in [1.807, 2.05) is 56.3 Å². The van der Waals surface area contributed by atoms with Crippen LogP contribution in [0.25, 0.3) is 10.8 Å². The van der Waals surface area contributed by atoms with Crippen molar-refractivity contribution in [1.29, 1.82) is 0 Å². The second kappa shape index (κ2) is 20.5. The first kappa shape index (κ1) is 38.6. The van der Waals surface area contributed by atoms with Crippen molar-refractivity contribution >= 4 is 28.6 Å². The Morgan fingerprint density at radius 3 is 2.08 bits per heavy atom. The van der Waals surface area contributed by atoms with Gasteiger partial charge < -0.3 is 42.9 Å². The molecule has 0 heterocycles. The zero-order chi connectivity index (χ0) is 34.9. The Labute approximate surface area is 284 Å². The Bertz CT molecular complexity index is 1420. The molecule has 0 aliphatic rings. The van der Waals surface area contributed by atoms with E-state index >= 15 is 0 Å². The van der Waals surface area contributed by atoms with E-state index in [9.17, 15) is 24.6 Å². The molecular weight excluding hydrogens is 608 g/mol. The van der Waals surface area contributed by atoms with Gasteiger partial charge in [0.15, 0.2) is 0 Å². The Morgan fingerprint density at radius 1 is 0.750 bits per heavy atom. The second-order valence-corrected chi connectivity index (χ2v) is 13.0. The average molecular weight is 663 g/mol. The van der Waals surface area contributed by atoms with Crippen LogP contribution >= 0.6 is 0 Å². The monoisotopic (exact) mass is 662 g/mol. The average Bonchev–Trinajstić information content (AvgIpc) is 3.06. The zero-order valence-corrected chi connectivity index (χ0v) is 28.2. The van der Waals surface area contributed by atoms with Gasteiger partial charge in [-0.2, -0.15) is 0 Å². The van der Waals surface area contributed by atoms with Crippen molar-refractivity contribution in [2.75, 3.05) is 26.2 Å². The minimum absolute atomic E-state index is 0.161. The number of aliphatic hydroxyl groups is 1. The molecule has 3 rings (SSSR count). The van der Waals surface area contributed by atoms with Crippen molar-refractivity contribution in [1.82, 2.24) is 21.3 Å². The van der Waals surface area contributed by atoms with Gasteiger partial charge in [0.2, 0.25) is 11.8 Å². The third-order valence-corrected chi connectivity index (χ3v) is 8.30. The summed E-state index contributed by atoms with van der Waals surface area (Å²) in [6, 6.07) is 20.5. The van der Waals surface area contributed by atoms with Crippen LogP contribution in [0.2, 0.25) is 0 Å². The number of benzene rings is 3. The predicted molar refractivity (Wildman–Crippen MR) is 190 cm³/mol. The molecule has 11 heteroatoms. The molecule has 3 aromatic carbocycles. The van der Waals surface area contributed by atoms with Gasteiger partial charge in [-0.3, -0.25) is 14.4 Å². The highest BCUT2D eigenvalue weighted by atomic mass is 16.4. The quantitative estimate of drug-likeness (QED) is 0.0745. The lowest BCUT2D eigenvalue weighted by molar-refractivity contribution is -0.140. The molecule has 0 bridgehead atoms. The Morgan fingerprint density at radius 2 is 1.42 bits per heavy atom. The fraction of sp³-hybridized carbons (Fsp3) is 0.486. The minimum atomic E-state index is -1.20. The van der Waals surface area contributed by atoms with E-state index in [0.717, 1.165) is 28.3 Å². The number of fused-ring (bicyclic) bond motifs is 1. The predicted octanol–water partition coefficient (Wildman–Crippen LogP) is 2.09. The maximum atomic E-state index is 13.5. The molecular formula is C37H54N6O5. The molecule has 5 atom stereocenters. The molecule has 10 N–H and O–H groups in total. The number of unbranched alkanes of at least 4 members (excludes halogenated alkanes) is 1. The van der Waals surface area contributed by atoms with Crippen LogP contribution in [0.15, 0.2) is 72.8 Å². The lowest BCUT2D eigenvalue weighted by Gasteiger charge is -2.27. The summed E-state index contributed by atoms with van der Waals surface area (Å²) in [6.45, 7) is 4.35. The van der Waals surface area contributed by atoms with Crippen molar-refractivity contribution in [3.05, 3.63) is 83.9 Å². The first-order valence-corrected chi connectivity index (χ1v) is 17.0. The van der Waals surface area contributed by atoms with Gasteiger partial charge in [0, 0.05) is 25.2 Å². The lowest BCUT2D eigenvalue weighted by atomic mass is 10.0. The van der Waals surface area contributed by atoms with E-state index in [1.165, 1.54) is 0 Å². The van der Waals surface area contributed by atoms with Crippen LogP contribution in [-0.4, -0.2) is 84.4 Å². The van der Waals surface area contributed by atoms with Gasteiger partial charge in [0.25, 0.3) is 0 Å². The van der Waals surface area contributed by atoms with Crippen LogP contribution in [0.4, 0.5) is 0 Å². The molecule has 0 aliphatic heterocycles. The number of carbonyl (C=O) groups is 3. The van der Waals surface area contributed by atoms with Gasteiger partial charge >= 0.3 is 5.97 Å². The Kier molecular flexibility index (Phi) is 16.5. The van der Waals surface area contributed by atoms with Gasteiger partial charge in [-0.1, -0.05) is 93.1 Å². The molecule has 0 aliphatic carbocycles. The highest BCUT2D eigenvalue weighted by Gasteiger charge is 2.28. The highest BCUT2D eigenvalue weighted by molar-refractivity contribution is 5.90. The third kappa shape index (κ3) is 13.3. The number of aliphatic carboxylic acids is 1. The van der Waals surface area contributed by atoms with E-state index < -0.39 is 48.6 Å². The van der Waals surface area contributed by atoms with Crippen molar-refractivity contribution in [2.24, 2.45) is 17.4 Å². The van der Waals surface area contributed by atoms with Crippen molar-refractivity contribution < 1.29 is 24.6 Å². The summed E-state index contributed by atoms with van der Waals surface area (Å²) in [5.74, 6) is -1.77. The summed E-state index contributed by atoms with van der Waals surface area (Å²) in [5.41, 5.74) is 14.2. The summed E-state index contributed by atoms with van der Waals surface area (Å²) in [6.07, 6.45) is 3.40. The molecule has 3 aromatic rings. The molecule has 0 saturated heterocycles. The molecule has 0 fully saturated rings. The van der Waals surface area contributed by atoms with Crippen LogP contribution in [-0.2, 0) is 27.2 Å². The Balaban J connectivity index is 1.63. The smallest absolute Gasteiger partial charge is 0.320 e. The summed E-state index contributed by atoms with van der Waals surface area (Å²) in [7, 11) is 0. The summed E-state index contributed by atoms with van der Waals surface area (Å²) < 4.78 is 0. The fourth-order valence-corrected chi connectivity index (χ4v) is 5.72. The van der Waals surface area contributed by atoms with Crippen molar-refractivity contribution in [3.63, 3.8) is 0 Å². The van der Waals surface area contributed by atoms with Gasteiger partial charge in [-0.25, -0.2) is 0 Å². The first-order chi connectivity index (χ1) is 23.1. The molecule has 48 heavy (non-hydrogen) atoms. The molecule has 0 unspecified atom stereocenters. The number of hydrogen-bond donors (Lipinski definition) is 8. The molecule has 11 nitrogen and oxygen atoms in total. The molecule has 2 amide bonds. The number of carboxylic acid groups (broad SMARTS) is 1. The van der Waals surface area contributed by atoms with Crippen LogP contribution in [0, 0.1) is 5.92 Å². The van der Waals surface area contributed by atoms with Gasteiger partial charge in [0.05, 0.1) is 12.6 Å². The number of amides is 2. The first-order valence-electron chi connectivity index (χ1n) is 17.0. The highest BCUT2D eigenvalue weighted by Crippen LogP contribution is 2.16. The number of nitrogens with two attached hydrogens (primary N) is 2. The van der Waals surface area contributed by atoms with Crippen molar-refractivity contribution in [2.45, 2.75) is 82.6 Å². The number of nitrogens with one attached hydrogen (secondary N) is 4. The van der Waals surface area contributed by atoms with E-state index in [-0.39, 0.29) is 18.5 Å². The van der Waals surface area contributed by atoms with Crippen LogP contribution in [0.3, 0.4) is 0 Å². The molecule has 262 valence electrons. The number of hydrogen-bond acceptors (Lipinski definition) is 8. The molecule has 0 saturated carbocycles. The van der Waals surface area contributed by atoms with E-state index in [2.05, 4.69) is 51.6 Å². The number of carboxylic acids is 1. The summed E-state index contributed by atoms with van der Waals surface area (Å²) in [5, 5.41) is 34.2. The lowest BCUT2D eigenvalue weighted by Crippen LogP contribution is -2.58. The fourth-order valence-electron chi connectivity index (χ4n) is 5.72. The maximum Gasteiger partial charge on any atom is 0.320 e. The van der Waals surface area contributed by atoms with Crippen LogP contribution in [0.1, 0.15) is 50.7 Å². The largest absolute Gasteiger partial charge is 0.480 e. The topological polar surface area (TPSA) is 192 Å².